The van der Waals surface area contributed by atoms with Gasteiger partial charge in [-0.05, 0) is 44.2 Å². The largest absolute Gasteiger partial charge is 0.389 e. The van der Waals surface area contributed by atoms with Gasteiger partial charge in [-0.25, -0.2) is 0 Å². The second kappa shape index (κ2) is 5.10. The van der Waals surface area contributed by atoms with Gasteiger partial charge in [-0.2, -0.15) is 0 Å². The van der Waals surface area contributed by atoms with Gasteiger partial charge >= 0.3 is 0 Å². The number of rotatable bonds is 5. The molecule has 0 saturated carbocycles. The molecule has 0 aromatic carbocycles. The van der Waals surface area contributed by atoms with Crippen molar-refractivity contribution in [3.63, 3.8) is 0 Å². The molecule has 0 amide bonds. The third kappa shape index (κ3) is 3.59. The summed E-state index contributed by atoms with van der Waals surface area (Å²) < 4.78 is 0. The molecule has 0 fully saturated rings. The summed E-state index contributed by atoms with van der Waals surface area (Å²) in [5, 5.41) is 15.4. The normalized spacial score (nSPS) is 17.4. The topological polar surface area (TPSA) is 32.3 Å². The summed E-state index contributed by atoms with van der Waals surface area (Å²) in [7, 11) is 0. The van der Waals surface area contributed by atoms with Crippen LogP contribution in [0.15, 0.2) is 11.4 Å². The van der Waals surface area contributed by atoms with Crippen LogP contribution in [0, 0.1) is 6.92 Å². The van der Waals surface area contributed by atoms with E-state index < -0.39 is 5.60 Å². The first-order chi connectivity index (χ1) is 6.96. The highest BCUT2D eigenvalue weighted by Crippen LogP contribution is 2.23. The van der Waals surface area contributed by atoms with Crippen LogP contribution < -0.4 is 5.32 Å². The summed E-state index contributed by atoms with van der Waals surface area (Å²) >= 11 is 1.77. The van der Waals surface area contributed by atoms with E-state index in [1.54, 1.807) is 11.3 Å². The molecule has 0 radical (unpaired) electrons. The monoisotopic (exact) mass is 227 g/mol. The maximum atomic E-state index is 9.88. The molecule has 2 unspecified atom stereocenters. The number of aryl methyl sites for hydroxylation is 1. The number of thiophene rings is 1. The van der Waals surface area contributed by atoms with E-state index in [0.29, 0.717) is 12.6 Å². The quantitative estimate of drug-likeness (QED) is 0.810. The zero-order valence-electron chi connectivity index (χ0n) is 10.0. The molecule has 2 atom stereocenters. The Kier molecular flexibility index (Phi) is 4.32. The number of aliphatic hydroxyl groups is 1. The van der Waals surface area contributed by atoms with Crippen molar-refractivity contribution in [3.05, 3.63) is 21.9 Å². The lowest BCUT2D eigenvalue weighted by Crippen LogP contribution is -2.38. The minimum absolute atomic E-state index is 0.322. The molecule has 3 heteroatoms. The Hall–Kier alpha value is -0.380. The van der Waals surface area contributed by atoms with Crippen molar-refractivity contribution in [1.29, 1.82) is 0 Å². The fourth-order valence-corrected chi connectivity index (χ4v) is 2.38. The van der Waals surface area contributed by atoms with Crippen molar-refractivity contribution in [2.75, 3.05) is 6.54 Å². The van der Waals surface area contributed by atoms with Crippen molar-refractivity contribution >= 4 is 11.3 Å². The predicted molar refractivity (Wildman–Crippen MR) is 66.4 cm³/mol. The van der Waals surface area contributed by atoms with Gasteiger partial charge in [-0.1, -0.05) is 6.92 Å². The van der Waals surface area contributed by atoms with E-state index in [9.17, 15) is 5.11 Å². The molecule has 0 aliphatic heterocycles. The summed E-state index contributed by atoms with van der Waals surface area (Å²) in [6, 6.07) is 2.46. The summed E-state index contributed by atoms with van der Waals surface area (Å²) in [6.45, 7) is 8.78. The van der Waals surface area contributed by atoms with Gasteiger partial charge in [0.25, 0.3) is 0 Å². The average Bonchev–Trinajstić information content (AvgIpc) is 2.61. The lowest BCUT2D eigenvalue weighted by atomic mass is 10.0. The molecule has 0 spiro atoms. The first-order valence-electron chi connectivity index (χ1n) is 5.46. The summed E-state index contributed by atoms with van der Waals surface area (Å²) in [5.41, 5.74) is 0.732. The van der Waals surface area contributed by atoms with Crippen LogP contribution in [0.4, 0.5) is 0 Å². The van der Waals surface area contributed by atoms with Crippen LogP contribution in [0.25, 0.3) is 0 Å². The summed E-state index contributed by atoms with van der Waals surface area (Å²) in [6.07, 6.45) is 0.774. The molecule has 0 bridgehead atoms. The van der Waals surface area contributed by atoms with Crippen LogP contribution in [0.2, 0.25) is 0 Å². The van der Waals surface area contributed by atoms with Gasteiger partial charge in [0, 0.05) is 17.5 Å². The second-order valence-corrected chi connectivity index (χ2v) is 5.37. The van der Waals surface area contributed by atoms with E-state index >= 15 is 0 Å². The number of hydrogen-bond donors (Lipinski definition) is 2. The minimum Gasteiger partial charge on any atom is -0.389 e. The Morgan fingerprint density at radius 2 is 2.27 bits per heavy atom. The molecule has 1 heterocycles. The van der Waals surface area contributed by atoms with E-state index in [2.05, 4.69) is 30.6 Å². The molecule has 2 nitrogen and oxygen atoms in total. The highest BCUT2D eigenvalue weighted by molar-refractivity contribution is 7.10. The second-order valence-electron chi connectivity index (χ2n) is 4.42. The van der Waals surface area contributed by atoms with Crippen LogP contribution in [0.1, 0.15) is 43.7 Å². The Labute approximate surface area is 96.3 Å². The van der Waals surface area contributed by atoms with Gasteiger partial charge in [0.15, 0.2) is 0 Å². The van der Waals surface area contributed by atoms with Crippen molar-refractivity contribution < 1.29 is 5.11 Å². The Morgan fingerprint density at radius 1 is 1.60 bits per heavy atom. The van der Waals surface area contributed by atoms with E-state index in [1.165, 1.54) is 10.4 Å². The van der Waals surface area contributed by atoms with Crippen molar-refractivity contribution in [2.45, 2.75) is 45.8 Å². The SMILES string of the molecule is CCC(C)(O)CNC(C)c1sccc1C. The van der Waals surface area contributed by atoms with Gasteiger partial charge in [-0.15, -0.1) is 11.3 Å². The lowest BCUT2D eigenvalue weighted by Gasteiger charge is -2.24. The molecule has 86 valence electrons. The first kappa shape index (κ1) is 12.7. The van der Waals surface area contributed by atoms with Crippen LogP contribution in [-0.2, 0) is 0 Å². The molecule has 0 aliphatic rings. The molecule has 1 rings (SSSR count). The van der Waals surface area contributed by atoms with Crippen molar-refractivity contribution in [2.24, 2.45) is 0 Å². The van der Waals surface area contributed by atoms with Crippen molar-refractivity contribution in [1.82, 2.24) is 5.32 Å². The summed E-state index contributed by atoms with van der Waals surface area (Å²) in [4.78, 5) is 1.36. The van der Waals surface area contributed by atoms with Gasteiger partial charge in [0.1, 0.15) is 0 Å². The van der Waals surface area contributed by atoms with Gasteiger partial charge < -0.3 is 10.4 Å². The third-order valence-corrected chi connectivity index (χ3v) is 4.05. The molecule has 2 N–H and O–H groups in total. The van der Waals surface area contributed by atoms with E-state index in [4.69, 9.17) is 0 Å². The zero-order chi connectivity index (χ0) is 11.5. The summed E-state index contributed by atoms with van der Waals surface area (Å²) in [5.74, 6) is 0. The van der Waals surface area contributed by atoms with E-state index in [-0.39, 0.29) is 0 Å². The average molecular weight is 227 g/mol. The fraction of sp³-hybridized carbons (Fsp3) is 0.667. The molecule has 1 aromatic rings. The molecular formula is C12H21NOS. The first-order valence-corrected chi connectivity index (χ1v) is 6.34. The maximum absolute atomic E-state index is 9.88. The maximum Gasteiger partial charge on any atom is 0.0741 e. The Balaban J connectivity index is 2.50. The van der Waals surface area contributed by atoms with Gasteiger partial charge in [0.05, 0.1) is 5.60 Å². The van der Waals surface area contributed by atoms with Crippen LogP contribution >= 0.6 is 11.3 Å². The standard InChI is InChI=1S/C12H21NOS/c1-5-12(4,14)8-13-10(3)11-9(2)6-7-15-11/h6-7,10,13-14H,5,8H2,1-4H3. The Bertz CT molecular complexity index is 306. The Morgan fingerprint density at radius 3 is 2.73 bits per heavy atom. The smallest absolute Gasteiger partial charge is 0.0741 e. The van der Waals surface area contributed by atoms with Crippen LogP contribution in [-0.4, -0.2) is 17.3 Å². The molecule has 15 heavy (non-hydrogen) atoms. The molecule has 1 aromatic heterocycles. The van der Waals surface area contributed by atoms with Crippen LogP contribution in [0.3, 0.4) is 0 Å². The highest BCUT2D eigenvalue weighted by Gasteiger charge is 2.19. The number of hydrogen-bond acceptors (Lipinski definition) is 3. The zero-order valence-corrected chi connectivity index (χ0v) is 10.8. The fourth-order valence-electron chi connectivity index (χ4n) is 1.42. The molecule has 0 aliphatic carbocycles. The lowest BCUT2D eigenvalue weighted by molar-refractivity contribution is 0.0534. The van der Waals surface area contributed by atoms with Gasteiger partial charge in [0.2, 0.25) is 0 Å². The van der Waals surface area contributed by atoms with Crippen molar-refractivity contribution in [3.8, 4) is 0 Å². The van der Waals surface area contributed by atoms with Crippen LogP contribution in [0.5, 0.6) is 0 Å². The van der Waals surface area contributed by atoms with E-state index in [1.807, 2.05) is 13.8 Å². The van der Waals surface area contributed by atoms with E-state index in [0.717, 1.165) is 6.42 Å². The highest BCUT2D eigenvalue weighted by atomic mass is 32.1. The predicted octanol–water partition coefficient (Wildman–Crippen LogP) is 2.87. The molecular weight excluding hydrogens is 206 g/mol. The molecule has 0 saturated heterocycles. The minimum atomic E-state index is -0.598. The number of nitrogens with one attached hydrogen (secondary N) is 1. The third-order valence-electron chi connectivity index (χ3n) is 2.85. The van der Waals surface area contributed by atoms with Gasteiger partial charge in [-0.3, -0.25) is 0 Å².